The lowest BCUT2D eigenvalue weighted by atomic mass is 9.85. The Bertz CT molecular complexity index is 711. The van der Waals surface area contributed by atoms with Crippen LogP contribution in [0.15, 0.2) is 6.07 Å². The summed E-state index contributed by atoms with van der Waals surface area (Å²) in [6.07, 6.45) is 3.53. The molecule has 1 saturated heterocycles. The third-order valence-corrected chi connectivity index (χ3v) is 6.54. The van der Waals surface area contributed by atoms with E-state index in [0.717, 1.165) is 25.0 Å². The van der Waals surface area contributed by atoms with Crippen molar-refractivity contribution in [1.29, 1.82) is 0 Å². The number of nitrogens with one attached hydrogen (secondary N) is 1. The fraction of sp³-hybridized carbons (Fsp3) is 0.750. The van der Waals surface area contributed by atoms with Gasteiger partial charge in [-0.15, -0.1) is 0 Å². The van der Waals surface area contributed by atoms with E-state index >= 15 is 0 Å². The Labute approximate surface area is 137 Å². The molecule has 3 rings (SSSR count). The maximum Gasteiger partial charge on any atom is 0.228 e. The lowest BCUT2D eigenvalue weighted by Gasteiger charge is -2.24. The number of rotatable bonds is 3. The van der Waals surface area contributed by atoms with Crippen LogP contribution in [0, 0.1) is 5.92 Å². The number of aromatic nitrogens is 2. The van der Waals surface area contributed by atoms with Gasteiger partial charge in [0.25, 0.3) is 0 Å². The summed E-state index contributed by atoms with van der Waals surface area (Å²) in [5.74, 6) is 1.04. The molecule has 1 atom stereocenters. The zero-order valence-electron chi connectivity index (χ0n) is 14.0. The van der Waals surface area contributed by atoms with Crippen LogP contribution < -0.4 is 5.32 Å². The fourth-order valence-corrected chi connectivity index (χ4v) is 4.69. The highest BCUT2D eigenvalue weighted by atomic mass is 32.2. The fourth-order valence-electron chi connectivity index (χ4n) is 3.00. The first-order chi connectivity index (χ1) is 10.7. The highest BCUT2D eigenvalue weighted by molar-refractivity contribution is 7.91. The minimum atomic E-state index is -3.00. The van der Waals surface area contributed by atoms with E-state index in [4.69, 9.17) is 0 Å². The van der Waals surface area contributed by atoms with Crippen LogP contribution in [0.3, 0.4) is 0 Å². The first-order valence-corrected chi connectivity index (χ1v) is 10.1. The van der Waals surface area contributed by atoms with E-state index in [1.165, 1.54) is 0 Å². The summed E-state index contributed by atoms with van der Waals surface area (Å²) < 4.78 is 25.3. The Morgan fingerprint density at radius 2 is 2.00 bits per heavy atom. The molecule has 1 saturated carbocycles. The van der Waals surface area contributed by atoms with Crippen molar-refractivity contribution in [2.24, 2.45) is 5.92 Å². The highest BCUT2D eigenvalue weighted by Gasteiger charge is 2.33. The van der Waals surface area contributed by atoms with Crippen LogP contribution in [0.2, 0.25) is 0 Å². The minimum Gasteiger partial charge on any atom is -0.311 e. The molecule has 1 aliphatic carbocycles. The van der Waals surface area contributed by atoms with Crippen LogP contribution in [0.1, 0.15) is 58.2 Å². The van der Waals surface area contributed by atoms with Gasteiger partial charge in [0.2, 0.25) is 5.91 Å². The predicted octanol–water partition coefficient (Wildman–Crippen LogP) is 2.28. The normalized spacial score (nSPS) is 24.4. The van der Waals surface area contributed by atoms with E-state index in [1.54, 1.807) is 4.68 Å². The van der Waals surface area contributed by atoms with E-state index in [9.17, 15) is 13.2 Å². The molecular weight excluding hydrogens is 314 g/mol. The average molecular weight is 339 g/mol. The Hall–Kier alpha value is -1.37. The molecule has 6 nitrogen and oxygen atoms in total. The topological polar surface area (TPSA) is 81.1 Å². The molecule has 1 aromatic rings. The molecule has 2 heterocycles. The van der Waals surface area contributed by atoms with Gasteiger partial charge in [-0.25, -0.2) is 13.1 Å². The van der Waals surface area contributed by atoms with E-state index in [-0.39, 0.29) is 34.8 Å². The number of amides is 1. The molecule has 1 aromatic heterocycles. The third-order valence-electron chi connectivity index (χ3n) is 4.79. The first kappa shape index (κ1) is 16.5. The van der Waals surface area contributed by atoms with Crippen molar-refractivity contribution in [2.45, 2.75) is 57.9 Å². The van der Waals surface area contributed by atoms with Crippen LogP contribution in [0.4, 0.5) is 5.82 Å². The molecule has 128 valence electrons. The van der Waals surface area contributed by atoms with Gasteiger partial charge in [0.05, 0.1) is 23.2 Å². The monoisotopic (exact) mass is 339 g/mol. The Kier molecular flexibility index (Phi) is 4.02. The molecule has 0 bridgehead atoms. The van der Waals surface area contributed by atoms with Crippen LogP contribution in [0.25, 0.3) is 0 Å². The van der Waals surface area contributed by atoms with E-state index in [0.29, 0.717) is 12.2 Å². The van der Waals surface area contributed by atoms with Crippen molar-refractivity contribution in [3.8, 4) is 0 Å². The Morgan fingerprint density at radius 1 is 1.30 bits per heavy atom. The standard InChI is InChI=1S/C16H25N3O3S/c1-16(2,3)13-9-14(17-15(20)11-5-4-6-11)19(18-13)12-7-8-23(21,22)10-12/h9,11-12H,4-8,10H2,1-3H3,(H,17,20)/t12-/m1/s1. The smallest absolute Gasteiger partial charge is 0.228 e. The summed E-state index contributed by atoms with van der Waals surface area (Å²) in [5.41, 5.74) is 0.712. The second kappa shape index (κ2) is 5.61. The van der Waals surface area contributed by atoms with Gasteiger partial charge in [-0.1, -0.05) is 27.2 Å². The zero-order chi connectivity index (χ0) is 16.8. The quantitative estimate of drug-likeness (QED) is 0.916. The predicted molar refractivity (Wildman–Crippen MR) is 89.2 cm³/mol. The van der Waals surface area contributed by atoms with Crippen molar-refractivity contribution in [3.05, 3.63) is 11.8 Å². The van der Waals surface area contributed by atoms with E-state index in [2.05, 4.69) is 31.2 Å². The molecule has 0 aromatic carbocycles. The second-order valence-corrected chi connectivity index (χ2v) is 10.0. The first-order valence-electron chi connectivity index (χ1n) is 8.27. The van der Waals surface area contributed by atoms with Crippen molar-refractivity contribution in [1.82, 2.24) is 9.78 Å². The molecule has 1 amide bonds. The molecule has 1 N–H and O–H groups in total. The number of hydrogen-bond acceptors (Lipinski definition) is 4. The van der Waals surface area contributed by atoms with Crippen LogP contribution in [-0.4, -0.2) is 35.6 Å². The molecule has 0 spiro atoms. The van der Waals surface area contributed by atoms with Crippen molar-refractivity contribution in [3.63, 3.8) is 0 Å². The maximum absolute atomic E-state index is 12.3. The molecular formula is C16H25N3O3S. The molecule has 23 heavy (non-hydrogen) atoms. The van der Waals surface area contributed by atoms with Gasteiger partial charge in [-0.2, -0.15) is 5.10 Å². The maximum atomic E-state index is 12.3. The van der Waals surface area contributed by atoms with Gasteiger partial charge in [0, 0.05) is 17.4 Å². The lowest BCUT2D eigenvalue weighted by Crippen LogP contribution is -2.29. The summed E-state index contributed by atoms with van der Waals surface area (Å²) >= 11 is 0. The summed E-state index contributed by atoms with van der Waals surface area (Å²) in [5, 5.41) is 7.60. The molecule has 7 heteroatoms. The summed E-state index contributed by atoms with van der Waals surface area (Å²) in [6, 6.07) is 1.70. The SMILES string of the molecule is CC(C)(C)c1cc(NC(=O)C2CCC2)n([C@@H]2CCS(=O)(=O)C2)n1. The van der Waals surface area contributed by atoms with Crippen LogP contribution >= 0.6 is 0 Å². The van der Waals surface area contributed by atoms with Gasteiger partial charge >= 0.3 is 0 Å². The number of anilines is 1. The Morgan fingerprint density at radius 3 is 2.48 bits per heavy atom. The van der Waals surface area contributed by atoms with Gasteiger partial charge in [-0.05, 0) is 19.3 Å². The largest absolute Gasteiger partial charge is 0.311 e. The number of hydrogen-bond donors (Lipinski definition) is 1. The number of carbonyl (C=O) groups excluding carboxylic acids is 1. The van der Waals surface area contributed by atoms with Gasteiger partial charge in [0.15, 0.2) is 9.84 Å². The highest BCUT2D eigenvalue weighted by Crippen LogP contribution is 2.32. The van der Waals surface area contributed by atoms with Gasteiger partial charge in [0.1, 0.15) is 5.82 Å². The van der Waals surface area contributed by atoms with E-state index < -0.39 is 9.84 Å². The third kappa shape index (κ3) is 3.44. The number of carbonyl (C=O) groups is 1. The number of nitrogens with zero attached hydrogens (tertiary/aromatic N) is 2. The molecule has 2 aliphatic rings. The minimum absolute atomic E-state index is 0.0266. The Balaban J connectivity index is 1.89. The summed E-state index contributed by atoms with van der Waals surface area (Å²) in [4.78, 5) is 12.3. The second-order valence-electron chi connectivity index (χ2n) is 7.78. The average Bonchev–Trinajstić information content (AvgIpc) is 2.89. The molecule has 1 aliphatic heterocycles. The van der Waals surface area contributed by atoms with Gasteiger partial charge in [-0.3, -0.25) is 4.79 Å². The molecule has 2 fully saturated rings. The van der Waals surface area contributed by atoms with Gasteiger partial charge < -0.3 is 5.32 Å². The lowest BCUT2D eigenvalue weighted by molar-refractivity contribution is -0.122. The molecule has 0 radical (unpaired) electrons. The molecule has 0 unspecified atom stereocenters. The van der Waals surface area contributed by atoms with Crippen molar-refractivity contribution in [2.75, 3.05) is 16.8 Å². The van der Waals surface area contributed by atoms with Crippen LogP contribution in [0.5, 0.6) is 0 Å². The number of sulfone groups is 1. The van der Waals surface area contributed by atoms with E-state index in [1.807, 2.05) is 6.07 Å². The summed E-state index contributed by atoms with van der Waals surface area (Å²) in [6.45, 7) is 6.17. The zero-order valence-corrected chi connectivity index (χ0v) is 14.8. The van der Waals surface area contributed by atoms with Crippen molar-refractivity contribution < 1.29 is 13.2 Å². The van der Waals surface area contributed by atoms with Crippen LogP contribution in [-0.2, 0) is 20.0 Å². The van der Waals surface area contributed by atoms with Crippen molar-refractivity contribution >= 4 is 21.6 Å². The summed E-state index contributed by atoms with van der Waals surface area (Å²) in [7, 11) is -3.00.